The van der Waals surface area contributed by atoms with E-state index in [4.69, 9.17) is 0 Å². The first-order chi connectivity index (χ1) is 12.9. The van der Waals surface area contributed by atoms with Gasteiger partial charge < -0.3 is 15.2 Å². The predicted molar refractivity (Wildman–Crippen MR) is 113 cm³/mol. The van der Waals surface area contributed by atoms with Crippen LogP contribution in [0, 0.1) is 0 Å². The standard InChI is InChI=1S/C23H37NO4/c1-22(2,3)17-14-16(15-18(21(17)27)23(4,5)6)11-12-19(25)24-13-9-8-10-20(26)28-7/h14-15,27H,8-13H2,1-7H3,(H,24,25). The Labute approximate surface area is 169 Å². The number of hydrogen-bond donors (Lipinski definition) is 2. The summed E-state index contributed by atoms with van der Waals surface area (Å²) in [5.41, 5.74) is 2.54. The lowest BCUT2D eigenvalue weighted by Crippen LogP contribution is -2.25. The SMILES string of the molecule is COC(=O)CCCCNC(=O)CCc1cc(C(C)(C)C)c(O)c(C(C)(C)C)c1. The molecule has 0 heterocycles. The molecule has 1 rings (SSSR count). The minimum Gasteiger partial charge on any atom is -0.507 e. The van der Waals surface area contributed by atoms with Gasteiger partial charge in [-0.05, 0) is 46.8 Å². The molecule has 0 fully saturated rings. The fourth-order valence-corrected chi connectivity index (χ4v) is 3.05. The fourth-order valence-electron chi connectivity index (χ4n) is 3.05. The lowest BCUT2D eigenvalue weighted by Gasteiger charge is -2.28. The van der Waals surface area contributed by atoms with Crippen molar-refractivity contribution in [2.24, 2.45) is 0 Å². The lowest BCUT2D eigenvalue weighted by atomic mass is 9.78. The Morgan fingerprint density at radius 3 is 1.96 bits per heavy atom. The van der Waals surface area contributed by atoms with Crippen molar-refractivity contribution in [3.63, 3.8) is 0 Å². The van der Waals surface area contributed by atoms with E-state index in [2.05, 4.69) is 51.6 Å². The number of methoxy groups -OCH3 is 1. The Kier molecular flexibility index (Phi) is 8.52. The number of nitrogens with one attached hydrogen (secondary N) is 1. The zero-order valence-corrected chi connectivity index (χ0v) is 18.6. The largest absolute Gasteiger partial charge is 0.507 e. The number of unbranched alkanes of at least 4 members (excludes halogenated alkanes) is 1. The van der Waals surface area contributed by atoms with E-state index in [0.717, 1.165) is 23.1 Å². The van der Waals surface area contributed by atoms with Gasteiger partial charge in [0, 0.05) is 19.4 Å². The minimum atomic E-state index is -0.219. The number of phenols is 1. The molecule has 0 unspecified atom stereocenters. The van der Waals surface area contributed by atoms with Crippen LogP contribution in [-0.4, -0.2) is 30.6 Å². The summed E-state index contributed by atoms with van der Waals surface area (Å²) in [6.45, 7) is 13.1. The van der Waals surface area contributed by atoms with Crippen molar-refractivity contribution in [2.45, 2.75) is 84.5 Å². The van der Waals surface area contributed by atoms with Gasteiger partial charge >= 0.3 is 5.97 Å². The van der Waals surface area contributed by atoms with Crippen molar-refractivity contribution < 1.29 is 19.4 Å². The maximum atomic E-state index is 12.1. The molecule has 1 aromatic rings. The zero-order valence-electron chi connectivity index (χ0n) is 18.6. The summed E-state index contributed by atoms with van der Waals surface area (Å²) >= 11 is 0. The summed E-state index contributed by atoms with van der Waals surface area (Å²) in [5, 5.41) is 13.7. The van der Waals surface area contributed by atoms with Crippen LogP contribution in [0.4, 0.5) is 0 Å². The average Bonchev–Trinajstić information content (AvgIpc) is 2.58. The molecule has 0 bridgehead atoms. The summed E-state index contributed by atoms with van der Waals surface area (Å²) in [6, 6.07) is 4.04. The first-order valence-electron chi connectivity index (χ1n) is 10.1. The summed E-state index contributed by atoms with van der Waals surface area (Å²) in [6.07, 6.45) is 2.86. The molecule has 0 radical (unpaired) electrons. The van der Waals surface area contributed by atoms with Crippen molar-refractivity contribution in [3.8, 4) is 5.75 Å². The van der Waals surface area contributed by atoms with E-state index < -0.39 is 0 Å². The summed E-state index contributed by atoms with van der Waals surface area (Å²) in [4.78, 5) is 23.2. The van der Waals surface area contributed by atoms with E-state index in [-0.39, 0.29) is 22.7 Å². The molecule has 0 aliphatic heterocycles. The van der Waals surface area contributed by atoms with Gasteiger partial charge in [-0.15, -0.1) is 0 Å². The second-order valence-corrected chi connectivity index (χ2v) is 9.42. The predicted octanol–water partition coefficient (Wildman–Crippen LogP) is 4.38. The Hall–Kier alpha value is -2.04. The maximum absolute atomic E-state index is 12.1. The van der Waals surface area contributed by atoms with Crippen LogP contribution in [0.5, 0.6) is 5.75 Å². The molecule has 1 amide bonds. The van der Waals surface area contributed by atoms with Crippen LogP contribution in [0.2, 0.25) is 0 Å². The number of carbonyl (C=O) groups excluding carboxylic acids is 2. The van der Waals surface area contributed by atoms with Crippen molar-refractivity contribution in [3.05, 3.63) is 28.8 Å². The van der Waals surface area contributed by atoms with E-state index in [0.29, 0.717) is 38.0 Å². The highest BCUT2D eigenvalue weighted by Crippen LogP contribution is 2.39. The van der Waals surface area contributed by atoms with Gasteiger partial charge in [-0.25, -0.2) is 0 Å². The van der Waals surface area contributed by atoms with Crippen LogP contribution in [-0.2, 0) is 31.6 Å². The minimum absolute atomic E-state index is 0.000704. The third-order valence-corrected chi connectivity index (χ3v) is 4.78. The van der Waals surface area contributed by atoms with Gasteiger partial charge in [-0.2, -0.15) is 0 Å². The van der Waals surface area contributed by atoms with Crippen LogP contribution in [0.1, 0.15) is 83.9 Å². The van der Waals surface area contributed by atoms with Crippen LogP contribution in [0.15, 0.2) is 12.1 Å². The summed E-state index contributed by atoms with van der Waals surface area (Å²) in [5.74, 6) is 0.141. The number of esters is 1. The Bertz CT molecular complexity index is 646. The highest BCUT2D eigenvalue weighted by atomic mass is 16.5. The summed E-state index contributed by atoms with van der Waals surface area (Å²) < 4.78 is 4.60. The Morgan fingerprint density at radius 1 is 0.964 bits per heavy atom. The molecule has 2 N–H and O–H groups in total. The van der Waals surface area contributed by atoms with E-state index in [1.807, 2.05) is 12.1 Å². The molecule has 0 aliphatic rings. The number of rotatable bonds is 8. The summed E-state index contributed by atoms with van der Waals surface area (Å²) in [7, 11) is 1.38. The molecule has 0 aromatic heterocycles. The van der Waals surface area contributed by atoms with Gasteiger partial charge in [0.1, 0.15) is 5.75 Å². The van der Waals surface area contributed by atoms with E-state index in [1.54, 1.807) is 0 Å². The van der Waals surface area contributed by atoms with Gasteiger partial charge in [0.05, 0.1) is 7.11 Å². The third kappa shape index (κ3) is 7.53. The molecule has 0 aliphatic carbocycles. The molecule has 5 nitrogen and oxygen atoms in total. The second-order valence-electron chi connectivity index (χ2n) is 9.42. The zero-order chi connectivity index (χ0) is 21.5. The van der Waals surface area contributed by atoms with Crippen molar-refractivity contribution in [1.29, 1.82) is 0 Å². The van der Waals surface area contributed by atoms with Crippen LogP contribution < -0.4 is 5.32 Å². The molecule has 5 heteroatoms. The highest BCUT2D eigenvalue weighted by molar-refractivity contribution is 5.76. The monoisotopic (exact) mass is 391 g/mol. The van der Waals surface area contributed by atoms with Crippen molar-refractivity contribution >= 4 is 11.9 Å². The fraction of sp³-hybridized carbons (Fsp3) is 0.652. The van der Waals surface area contributed by atoms with Crippen molar-refractivity contribution in [2.75, 3.05) is 13.7 Å². The first kappa shape index (κ1) is 24.0. The number of aromatic hydroxyl groups is 1. The molecule has 0 spiro atoms. The molecule has 0 atom stereocenters. The molecule has 0 saturated carbocycles. The van der Waals surface area contributed by atoms with Crippen LogP contribution in [0.25, 0.3) is 0 Å². The second kappa shape index (κ2) is 9.94. The normalized spacial score (nSPS) is 12.0. The van der Waals surface area contributed by atoms with Gasteiger partial charge in [0.25, 0.3) is 0 Å². The molecule has 0 saturated heterocycles. The van der Waals surface area contributed by atoms with Crippen LogP contribution >= 0.6 is 0 Å². The number of phenolic OH excluding ortho intramolecular Hbond substituents is 1. The number of carbonyl (C=O) groups is 2. The molecule has 28 heavy (non-hydrogen) atoms. The van der Waals surface area contributed by atoms with Gasteiger partial charge in [-0.1, -0.05) is 53.7 Å². The van der Waals surface area contributed by atoms with Gasteiger partial charge in [0.15, 0.2) is 0 Å². The quantitative estimate of drug-likeness (QED) is 0.509. The molecule has 1 aromatic carbocycles. The smallest absolute Gasteiger partial charge is 0.305 e. The van der Waals surface area contributed by atoms with Crippen molar-refractivity contribution in [1.82, 2.24) is 5.32 Å². The maximum Gasteiger partial charge on any atom is 0.305 e. The third-order valence-electron chi connectivity index (χ3n) is 4.78. The number of benzene rings is 1. The molecular formula is C23H37NO4. The lowest BCUT2D eigenvalue weighted by molar-refractivity contribution is -0.140. The number of ether oxygens (including phenoxy) is 1. The average molecular weight is 392 g/mol. The Balaban J connectivity index is 2.71. The van der Waals surface area contributed by atoms with E-state index in [9.17, 15) is 14.7 Å². The van der Waals surface area contributed by atoms with Gasteiger partial charge in [-0.3, -0.25) is 9.59 Å². The first-order valence-corrected chi connectivity index (χ1v) is 10.1. The van der Waals surface area contributed by atoms with Gasteiger partial charge in [0.2, 0.25) is 5.91 Å². The number of hydrogen-bond acceptors (Lipinski definition) is 4. The van der Waals surface area contributed by atoms with Crippen LogP contribution in [0.3, 0.4) is 0 Å². The Morgan fingerprint density at radius 2 is 1.50 bits per heavy atom. The molecular weight excluding hydrogens is 354 g/mol. The molecule has 158 valence electrons. The van der Waals surface area contributed by atoms with E-state index in [1.165, 1.54) is 7.11 Å². The topological polar surface area (TPSA) is 75.6 Å². The number of aryl methyl sites for hydroxylation is 1. The van der Waals surface area contributed by atoms with E-state index >= 15 is 0 Å². The highest BCUT2D eigenvalue weighted by Gasteiger charge is 2.26. The number of amides is 1.